The van der Waals surface area contributed by atoms with Crippen molar-refractivity contribution in [2.24, 2.45) is 0 Å². The number of benzene rings is 1. The van der Waals surface area contributed by atoms with E-state index in [1.807, 2.05) is 4.90 Å². The Morgan fingerprint density at radius 1 is 1.20 bits per heavy atom. The number of anilines is 2. The van der Waals surface area contributed by atoms with Crippen molar-refractivity contribution >= 4 is 28.9 Å². The third-order valence-electron chi connectivity index (χ3n) is 3.70. The zero-order valence-electron chi connectivity index (χ0n) is 14.9. The fourth-order valence-electron chi connectivity index (χ4n) is 2.60. The lowest BCUT2D eigenvalue weighted by Crippen LogP contribution is -2.32. The van der Waals surface area contributed by atoms with Crippen LogP contribution in [0.25, 0.3) is 0 Å². The van der Waals surface area contributed by atoms with Crippen LogP contribution >= 0.6 is 11.6 Å². The van der Waals surface area contributed by atoms with Gasteiger partial charge in [-0.15, -0.1) is 0 Å². The van der Waals surface area contributed by atoms with Gasteiger partial charge in [0.25, 0.3) is 5.91 Å². The number of nitrogens with one attached hydrogen (secondary N) is 1. The lowest BCUT2D eigenvalue weighted by Gasteiger charge is -2.21. The number of nitrogens with zero attached hydrogens (tertiary/aromatic N) is 2. The first-order chi connectivity index (χ1) is 12.1. The van der Waals surface area contributed by atoms with Gasteiger partial charge in [-0.05, 0) is 37.1 Å². The number of halogens is 1. The maximum Gasteiger partial charge on any atom is 0.255 e. The van der Waals surface area contributed by atoms with E-state index in [0.717, 1.165) is 31.6 Å². The van der Waals surface area contributed by atoms with E-state index in [1.165, 1.54) is 0 Å². The van der Waals surface area contributed by atoms with Crippen molar-refractivity contribution in [3.05, 3.63) is 47.2 Å². The van der Waals surface area contributed by atoms with Crippen molar-refractivity contribution in [1.29, 1.82) is 0 Å². The van der Waals surface area contributed by atoms with Crippen molar-refractivity contribution in [2.75, 3.05) is 25.5 Å². The number of pyridine rings is 1. The molecule has 5 nitrogen and oxygen atoms in total. The summed E-state index contributed by atoms with van der Waals surface area (Å²) >= 11 is 6.06. The molecule has 2 aromatic rings. The number of rotatable bonds is 8. The van der Waals surface area contributed by atoms with Crippen molar-refractivity contribution in [1.82, 2.24) is 9.88 Å². The summed E-state index contributed by atoms with van der Waals surface area (Å²) in [7, 11) is 1.60. The van der Waals surface area contributed by atoms with Gasteiger partial charge >= 0.3 is 0 Å². The Hall–Kier alpha value is -2.27. The number of ether oxygens (including phenoxy) is 1. The maximum atomic E-state index is 12.7. The Morgan fingerprint density at radius 3 is 2.56 bits per heavy atom. The van der Waals surface area contributed by atoms with E-state index < -0.39 is 0 Å². The SMILES string of the molecule is CCCN(CCC)C(=O)c1cncc(Nc2cc(Cl)ccc2OC)c1. The van der Waals surface area contributed by atoms with Crippen LogP contribution in [-0.4, -0.2) is 36.0 Å². The zero-order valence-corrected chi connectivity index (χ0v) is 15.6. The van der Waals surface area contributed by atoms with Gasteiger partial charge in [-0.25, -0.2) is 0 Å². The van der Waals surface area contributed by atoms with Crippen LogP contribution in [0.3, 0.4) is 0 Å². The van der Waals surface area contributed by atoms with Crippen LogP contribution in [0.15, 0.2) is 36.7 Å². The third kappa shape index (κ3) is 5.10. The van der Waals surface area contributed by atoms with Crippen molar-refractivity contribution in [3.8, 4) is 5.75 Å². The molecular formula is C19H24ClN3O2. The molecule has 0 atom stereocenters. The molecule has 2 rings (SSSR count). The molecule has 0 radical (unpaired) electrons. The molecule has 134 valence electrons. The van der Waals surface area contributed by atoms with E-state index >= 15 is 0 Å². The van der Waals surface area contributed by atoms with Crippen molar-refractivity contribution in [3.63, 3.8) is 0 Å². The van der Waals surface area contributed by atoms with Crippen LogP contribution in [0.4, 0.5) is 11.4 Å². The number of aromatic nitrogens is 1. The van der Waals surface area contributed by atoms with Gasteiger partial charge in [-0.3, -0.25) is 9.78 Å². The Bertz CT molecular complexity index is 716. The molecule has 1 aromatic heterocycles. The molecule has 0 aliphatic rings. The lowest BCUT2D eigenvalue weighted by atomic mass is 10.2. The largest absolute Gasteiger partial charge is 0.495 e. The summed E-state index contributed by atoms with van der Waals surface area (Å²) in [6, 6.07) is 7.12. The molecule has 0 unspecified atom stereocenters. The highest BCUT2D eigenvalue weighted by Gasteiger charge is 2.15. The molecule has 0 spiro atoms. The molecule has 25 heavy (non-hydrogen) atoms. The third-order valence-corrected chi connectivity index (χ3v) is 3.94. The molecule has 0 aliphatic heterocycles. The van der Waals surface area contributed by atoms with Gasteiger partial charge < -0.3 is 15.0 Å². The molecule has 0 saturated carbocycles. The average molecular weight is 362 g/mol. The zero-order chi connectivity index (χ0) is 18.2. The first-order valence-corrected chi connectivity index (χ1v) is 8.81. The molecule has 1 amide bonds. The molecule has 0 bridgehead atoms. The molecule has 1 N–H and O–H groups in total. The fourth-order valence-corrected chi connectivity index (χ4v) is 2.77. The Labute approximate surface area is 154 Å². The van der Waals surface area contributed by atoms with E-state index in [-0.39, 0.29) is 5.91 Å². The van der Waals surface area contributed by atoms with Gasteiger partial charge in [0.2, 0.25) is 0 Å². The highest BCUT2D eigenvalue weighted by atomic mass is 35.5. The molecular weight excluding hydrogens is 338 g/mol. The Balaban J connectivity index is 2.24. The standard InChI is InChI=1S/C19H24ClN3O2/c1-4-8-23(9-5-2)19(24)14-10-16(13-21-12-14)22-17-11-15(20)6-7-18(17)25-3/h6-7,10-13,22H,4-5,8-9H2,1-3H3. The van der Waals surface area contributed by atoms with Gasteiger partial charge in [-0.1, -0.05) is 25.4 Å². The number of amides is 1. The number of carbonyl (C=O) groups excluding carboxylic acids is 1. The summed E-state index contributed by atoms with van der Waals surface area (Å²) in [6.45, 7) is 5.62. The minimum absolute atomic E-state index is 0.00194. The normalized spacial score (nSPS) is 10.4. The molecule has 6 heteroatoms. The summed E-state index contributed by atoms with van der Waals surface area (Å²) in [6.07, 6.45) is 5.12. The predicted molar refractivity (Wildman–Crippen MR) is 102 cm³/mol. The minimum atomic E-state index is -0.00194. The smallest absolute Gasteiger partial charge is 0.255 e. The summed E-state index contributed by atoms with van der Waals surface area (Å²) in [5.41, 5.74) is 1.99. The Morgan fingerprint density at radius 2 is 1.92 bits per heavy atom. The average Bonchev–Trinajstić information content (AvgIpc) is 2.61. The number of hydrogen-bond acceptors (Lipinski definition) is 4. The first kappa shape index (κ1) is 19.1. The van der Waals surface area contributed by atoms with E-state index in [1.54, 1.807) is 43.8 Å². The van der Waals surface area contributed by atoms with Crippen LogP contribution < -0.4 is 10.1 Å². The summed E-state index contributed by atoms with van der Waals surface area (Å²) in [5, 5.41) is 3.82. The molecule has 0 aliphatic carbocycles. The van der Waals surface area contributed by atoms with E-state index in [2.05, 4.69) is 24.1 Å². The lowest BCUT2D eigenvalue weighted by molar-refractivity contribution is 0.0755. The second-order valence-electron chi connectivity index (χ2n) is 5.72. The van der Waals surface area contributed by atoms with Crippen molar-refractivity contribution in [2.45, 2.75) is 26.7 Å². The van der Waals surface area contributed by atoms with Crippen LogP contribution in [0.2, 0.25) is 5.02 Å². The molecule has 0 fully saturated rings. The van der Waals surface area contributed by atoms with Crippen molar-refractivity contribution < 1.29 is 9.53 Å². The Kier molecular flexibility index (Phi) is 7.07. The highest BCUT2D eigenvalue weighted by molar-refractivity contribution is 6.31. The minimum Gasteiger partial charge on any atom is -0.495 e. The van der Waals surface area contributed by atoms with Gasteiger partial charge in [0.05, 0.1) is 30.2 Å². The van der Waals surface area contributed by atoms with Crippen LogP contribution in [0, 0.1) is 0 Å². The molecule has 1 heterocycles. The monoisotopic (exact) mass is 361 g/mol. The predicted octanol–water partition coefficient (Wildman–Crippen LogP) is 4.75. The molecule has 1 aromatic carbocycles. The quantitative estimate of drug-likeness (QED) is 0.737. The van der Waals surface area contributed by atoms with E-state index in [0.29, 0.717) is 22.0 Å². The highest BCUT2D eigenvalue weighted by Crippen LogP contribution is 2.30. The summed E-state index contributed by atoms with van der Waals surface area (Å²) in [4.78, 5) is 18.8. The van der Waals surface area contributed by atoms with Crippen LogP contribution in [0.1, 0.15) is 37.0 Å². The second-order valence-corrected chi connectivity index (χ2v) is 6.16. The van der Waals surface area contributed by atoms with Crippen LogP contribution in [0.5, 0.6) is 5.75 Å². The number of hydrogen-bond donors (Lipinski definition) is 1. The van der Waals surface area contributed by atoms with Gasteiger partial charge in [0.15, 0.2) is 0 Å². The van der Waals surface area contributed by atoms with E-state index in [9.17, 15) is 4.79 Å². The van der Waals surface area contributed by atoms with Gasteiger partial charge in [0, 0.05) is 24.3 Å². The van der Waals surface area contributed by atoms with Crippen LogP contribution in [-0.2, 0) is 0 Å². The topological polar surface area (TPSA) is 54.5 Å². The fraction of sp³-hybridized carbons (Fsp3) is 0.368. The first-order valence-electron chi connectivity index (χ1n) is 8.43. The number of methoxy groups -OCH3 is 1. The van der Waals surface area contributed by atoms with Gasteiger partial charge in [-0.2, -0.15) is 0 Å². The summed E-state index contributed by atoms with van der Waals surface area (Å²) in [5.74, 6) is 0.664. The summed E-state index contributed by atoms with van der Waals surface area (Å²) < 4.78 is 5.34. The second kappa shape index (κ2) is 9.28. The van der Waals surface area contributed by atoms with E-state index in [4.69, 9.17) is 16.3 Å². The number of carbonyl (C=O) groups is 1. The van der Waals surface area contributed by atoms with Gasteiger partial charge in [0.1, 0.15) is 5.75 Å². The maximum absolute atomic E-state index is 12.7. The molecule has 0 saturated heterocycles.